The summed E-state index contributed by atoms with van der Waals surface area (Å²) < 4.78 is 21.7. The Labute approximate surface area is 288 Å². The van der Waals surface area contributed by atoms with Gasteiger partial charge in [0, 0.05) is 12.8 Å². The molecule has 2 saturated carbocycles. The van der Waals surface area contributed by atoms with Crippen molar-refractivity contribution in [1.82, 2.24) is 16.0 Å². The number of nitrogens with one attached hydrogen (secondary N) is 3. The number of rotatable bonds is 16. The fourth-order valence-corrected chi connectivity index (χ4v) is 5.71. The molecule has 1 aromatic carbocycles. The minimum atomic E-state index is -1.27. The van der Waals surface area contributed by atoms with Crippen LogP contribution in [0.25, 0.3) is 0 Å². The summed E-state index contributed by atoms with van der Waals surface area (Å²) in [4.78, 5) is 77.3. The van der Waals surface area contributed by atoms with E-state index in [1.807, 2.05) is 18.2 Å². The molecule has 13 nitrogen and oxygen atoms in total. The highest BCUT2D eigenvalue weighted by Crippen LogP contribution is 2.22. The summed E-state index contributed by atoms with van der Waals surface area (Å²) in [5, 5.41) is 7.57. The Balaban J connectivity index is 1.65. The van der Waals surface area contributed by atoms with Crippen molar-refractivity contribution in [3.8, 4) is 0 Å². The van der Waals surface area contributed by atoms with E-state index in [-0.39, 0.29) is 44.5 Å². The minimum Gasteiger partial charge on any atom is -0.462 e. The smallest absolute Gasteiger partial charge is 0.408 e. The monoisotopic (exact) mass is 687 g/mol. The Morgan fingerprint density at radius 1 is 0.694 bits per heavy atom. The number of ether oxygens (including phenoxy) is 4. The van der Waals surface area contributed by atoms with E-state index in [0.717, 1.165) is 69.8 Å². The van der Waals surface area contributed by atoms with Crippen LogP contribution in [0, 0.1) is 0 Å². The number of alkyl carbamates (subject to hydrolysis) is 1. The first kappa shape index (κ1) is 39.3. The highest BCUT2D eigenvalue weighted by Gasteiger charge is 2.31. The van der Waals surface area contributed by atoms with Crippen LogP contribution in [0.4, 0.5) is 4.79 Å². The van der Waals surface area contributed by atoms with Crippen molar-refractivity contribution in [2.24, 2.45) is 0 Å². The Bertz CT molecular complexity index is 1240. The number of benzene rings is 1. The van der Waals surface area contributed by atoms with E-state index in [1.165, 1.54) is 0 Å². The number of esters is 3. The molecule has 0 radical (unpaired) electrons. The molecular formula is C36H53N3O10. The molecule has 0 unspecified atom stereocenters. The van der Waals surface area contributed by atoms with Gasteiger partial charge in [-0.3, -0.25) is 24.0 Å². The first-order valence-electron chi connectivity index (χ1n) is 17.5. The Kier molecular flexibility index (Phi) is 16.3. The molecule has 0 aromatic heterocycles. The molecule has 2 aliphatic rings. The fraction of sp³-hybridized carbons (Fsp3) is 0.667. The summed E-state index contributed by atoms with van der Waals surface area (Å²) in [6.07, 6.45) is 7.37. The van der Waals surface area contributed by atoms with E-state index in [4.69, 9.17) is 18.9 Å². The highest BCUT2D eigenvalue weighted by molar-refractivity contribution is 5.93. The predicted molar refractivity (Wildman–Crippen MR) is 179 cm³/mol. The summed E-state index contributed by atoms with van der Waals surface area (Å²) in [6.45, 7) is 4.55. The van der Waals surface area contributed by atoms with Gasteiger partial charge in [-0.05, 0) is 90.5 Å². The molecule has 0 heterocycles. The number of carbonyl (C=O) groups is 6. The van der Waals surface area contributed by atoms with Crippen molar-refractivity contribution < 1.29 is 47.7 Å². The molecule has 13 heteroatoms. The molecule has 0 bridgehead atoms. The van der Waals surface area contributed by atoms with Crippen molar-refractivity contribution in [1.29, 1.82) is 0 Å². The molecule has 0 spiro atoms. The third kappa shape index (κ3) is 16.2. The third-order valence-electron chi connectivity index (χ3n) is 8.26. The molecule has 272 valence electrons. The second-order valence-corrected chi connectivity index (χ2v) is 13.7. The van der Waals surface area contributed by atoms with Gasteiger partial charge in [0.25, 0.3) is 0 Å². The minimum absolute atomic E-state index is 0.0178. The molecule has 49 heavy (non-hydrogen) atoms. The van der Waals surface area contributed by atoms with Crippen LogP contribution in [-0.2, 0) is 49.5 Å². The summed E-state index contributed by atoms with van der Waals surface area (Å²) in [7, 11) is 0. The van der Waals surface area contributed by atoms with Crippen LogP contribution < -0.4 is 16.0 Å². The van der Waals surface area contributed by atoms with Crippen molar-refractivity contribution in [2.45, 2.75) is 147 Å². The molecule has 0 aliphatic heterocycles. The van der Waals surface area contributed by atoms with E-state index in [2.05, 4.69) is 16.0 Å². The van der Waals surface area contributed by atoms with Crippen LogP contribution in [0.5, 0.6) is 0 Å². The number of amides is 3. The molecule has 0 saturated heterocycles. The van der Waals surface area contributed by atoms with Crippen molar-refractivity contribution in [3.63, 3.8) is 0 Å². The molecule has 2 fully saturated rings. The van der Waals surface area contributed by atoms with Crippen molar-refractivity contribution >= 4 is 35.8 Å². The number of hydrogen-bond donors (Lipinski definition) is 3. The van der Waals surface area contributed by atoms with E-state index in [1.54, 1.807) is 32.9 Å². The lowest BCUT2D eigenvalue weighted by atomic mass is 9.98. The van der Waals surface area contributed by atoms with Gasteiger partial charge in [0.05, 0.1) is 0 Å². The van der Waals surface area contributed by atoms with E-state index >= 15 is 0 Å². The fourth-order valence-electron chi connectivity index (χ4n) is 5.71. The van der Waals surface area contributed by atoms with Gasteiger partial charge in [0.1, 0.15) is 43.0 Å². The second kappa shape index (κ2) is 20.4. The standard InChI is InChI=1S/C36H53N3O10/c1-36(2,3)49-35(45)39-29(20-22-31(41)48-27-17-11-6-12-18-27)34(44)38-28(19-21-30(40)47-26-15-9-5-10-16-26)33(43)37-23-32(42)46-24-25-13-7-4-8-14-25/h4,7-8,13-14,26-29H,5-6,9-12,15-24H2,1-3H3,(H,37,43)(H,38,44)(H,39,45)/t28-,29-/m0/s1. The molecule has 2 aliphatic carbocycles. The summed E-state index contributed by atoms with van der Waals surface area (Å²) in [5.74, 6) is -3.20. The van der Waals surface area contributed by atoms with Crippen molar-refractivity contribution in [3.05, 3.63) is 35.9 Å². The zero-order valence-electron chi connectivity index (χ0n) is 29.1. The van der Waals surface area contributed by atoms with Gasteiger partial charge in [-0.1, -0.05) is 43.2 Å². The highest BCUT2D eigenvalue weighted by atomic mass is 16.6. The topological polar surface area (TPSA) is 175 Å². The molecular weight excluding hydrogens is 634 g/mol. The van der Waals surface area contributed by atoms with Crippen LogP contribution >= 0.6 is 0 Å². The van der Waals surface area contributed by atoms with E-state index in [9.17, 15) is 28.8 Å². The van der Waals surface area contributed by atoms with Gasteiger partial charge < -0.3 is 34.9 Å². The average molecular weight is 688 g/mol. The lowest BCUT2D eigenvalue weighted by molar-refractivity contribution is -0.152. The Morgan fingerprint density at radius 2 is 1.20 bits per heavy atom. The molecule has 3 N–H and O–H groups in total. The normalized spacial score (nSPS) is 16.7. The first-order chi connectivity index (χ1) is 23.4. The molecule has 1 aromatic rings. The second-order valence-electron chi connectivity index (χ2n) is 13.7. The van der Waals surface area contributed by atoms with Crippen LogP contribution in [0.1, 0.15) is 116 Å². The Morgan fingerprint density at radius 3 is 1.71 bits per heavy atom. The van der Waals surface area contributed by atoms with E-state index < -0.39 is 60.0 Å². The molecule has 2 atom stereocenters. The zero-order chi connectivity index (χ0) is 35.6. The van der Waals surface area contributed by atoms with Gasteiger partial charge in [-0.2, -0.15) is 0 Å². The predicted octanol–water partition coefficient (Wildman–Crippen LogP) is 4.54. The van der Waals surface area contributed by atoms with E-state index in [0.29, 0.717) is 0 Å². The van der Waals surface area contributed by atoms with Crippen molar-refractivity contribution in [2.75, 3.05) is 6.54 Å². The SMILES string of the molecule is CC(C)(C)OC(=O)N[C@@H](CCC(=O)OC1CCCCC1)C(=O)N[C@@H](CCC(=O)OC1CCCCC1)C(=O)NCC(=O)OCc1ccccc1. The maximum Gasteiger partial charge on any atom is 0.408 e. The van der Waals surface area contributed by atoms with Gasteiger partial charge in [0.15, 0.2) is 0 Å². The first-order valence-corrected chi connectivity index (χ1v) is 17.5. The lowest BCUT2D eigenvalue weighted by Gasteiger charge is -2.26. The summed E-state index contributed by atoms with van der Waals surface area (Å²) in [5.41, 5.74) is -0.0868. The molecule has 3 rings (SSSR count). The van der Waals surface area contributed by atoms with Gasteiger partial charge >= 0.3 is 24.0 Å². The van der Waals surface area contributed by atoms with Gasteiger partial charge in [-0.25, -0.2) is 4.79 Å². The Hall–Kier alpha value is -4.16. The van der Waals surface area contributed by atoms with Crippen LogP contribution in [0.15, 0.2) is 30.3 Å². The largest absolute Gasteiger partial charge is 0.462 e. The third-order valence-corrected chi connectivity index (χ3v) is 8.26. The van der Waals surface area contributed by atoms with Crippen LogP contribution in [-0.4, -0.2) is 72.3 Å². The van der Waals surface area contributed by atoms with Gasteiger partial charge in [0.2, 0.25) is 11.8 Å². The maximum atomic E-state index is 13.6. The van der Waals surface area contributed by atoms with Crippen LogP contribution in [0.2, 0.25) is 0 Å². The zero-order valence-corrected chi connectivity index (χ0v) is 29.1. The lowest BCUT2D eigenvalue weighted by Crippen LogP contribution is -2.54. The molecule has 3 amide bonds. The average Bonchev–Trinajstić information content (AvgIpc) is 3.06. The quantitative estimate of drug-likeness (QED) is 0.165. The number of carbonyl (C=O) groups excluding carboxylic acids is 6. The van der Waals surface area contributed by atoms with Crippen LogP contribution in [0.3, 0.4) is 0 Å². The maximum absolute atomic E-state index is 13.6. The number of hydrogen-bond acceptors (Lipinski definition) is 10. The summed E-state index contributed by atoms with van der Waals surface area (Å²) in [6, 6.07) is 6.49. The summed E-state index contributed by atoms with van der Waals surface area (Å²) >= 11 is 0. The van der Waals surface area contributed by atoms with Gasteiger partial charge in [-0.15, -0.1) is 0 Å².